The molecule has 1 aliphatic heterocycles. The van der Waals surface area contributed by atoms with Gasteiger partial charge in [0.25, 0.3) is 0 Å². The molecule has 0 aliphatic carbocycles. The van der Waals surface area contributed by atoms with Gasteiger partial charge in [0.15, 0.2) is 9.84 Å². The molecule has 1 aliphatic rings. The van der Waals surface area contributed by atoms with Gasteiger partial charge in [-0.3, -0.25) is 0 Å². The van der Waals surface area contributed by atoms with Crippen LogP contribution in [0.4, 0.5) is 24.5 Å². The van der Waals surface area contributed by atoms with Crippen LogP contribution in [-0.2, 0) is 25.9 Å². The average molecular weight is 637 g/mol. The topological polar surface area (TPSA) is 94.1 Å². The molecule has 44 heavy (non-hydrogen) atoms. The number of halogens is 3. The molecule has 2 aromatic carbocycles. The van der Waals surface area contributed by atoms with Crippen LogP contribution in [0.15, 0.2) is 47.4 Å². The van der Waals surface area contributed by atoms with Crippen LogP contribution in [0.5, 0.6) is 5.75 Å². The van der Waals surface area contributed by atoms with E-state index in [1.54, 1.807) is 38.5 Å². The molecule has 3 aromatic rings. The predicted octanol–water partition coefficient (Wildman–Crippen LogP) is 4.62. The number of benzene rings is 2. The molecule has 0 saturated carbocycles. The number of nitrogens with one attached hydrogen (secondary N) is 2. The fourth-order valence-electron chi connectivity index (χ4n) is 5.33. The number of piperidine rings is 1. The summed E-state index contributed by atoms with van der Waals surface area (Å²) in [6.07, 6.45) is -1.56. The van der Waals surface area contributed by atoms with Crippen LogP contribution in [0.1, 0.15) is 18.5 Å². The number of rotatable bonds is 12. The molecule has 13 heteroatoms. The van der Waals surface area contributed by atoms with Crippen molar-refractivity contribution in [2.75, 3.05) is 71.0 Å². The van der Waals surface area contributed by atoms with Gasteiger partial charge in [-0.2, -0.15) is 13.2 Å². The summed E-state index contributed by atoms with van der Waals surface area (Å²) in [5.41, 5.74) is 1.97. The first-order chi connectivity index (χ1) is 20.9. The summed E-state index contributed by atoms with van der Waals surface area (Å²) in [6.45, 7) is 1.98. The molecule has 1 aromatic heterocycles. The third kappa shape index (κ3) is 8.81. The Morgan fingerprint density at radius 2 is 1.82 bits per heavy atom. The monoisotopic (exact) mass is 636 g/mol. The zero-order valence-electron chi connectivity index (χ0n) is 25.3. The van der Waals surface area contributed by atoms with E-state index in [0.29, 0.717) is 28.9 Å². The van der Waals surface area contributed by atoms with E-state index in [0.717, 1.165) is 44.4 Å². The lowest BCUT2D eigenvalue weighted by Gasteiger charge is -2.34. The maximum Gasteiger partial charge on any atom is 0.406 e. The summed E-state index contributed by atoms with van der Waals surface area (Å²) in [5, 5.41) is 7.29. The Labute approximate surface area is 256 Å². The molecule has 1 atom stereocenters. The number of ether oxygens (including phenoxy) is 3. The number of sulfone groups is 1. The SMILES string of the molecule is COCC(CN1CCC(Nc2cccc3c2cc(C#CCNc2ccc(S(C)(=O)=O)cc2OC)n3CC(F)(F)F)CC1)OC. The summed E-state index contributed by atoms with van der Waals surface area (Å²) in [6, 6.07) is 11.6. The summed E-state index contributed by atoms with van der Waals surface area (Å²) in [4.78, 5) is 2.45. The third-order valence-corrected chi connectivity index (χ3v) is 8.67. The van der Waals surface area contributed by atoms with Gasteiger partial charge in [-0.15, -0.1) is 0 Å². The summed E-state index contributed by atoms with van der Waals surface area (Å²) in [7, 11) is 1.33. The maximum absolute atomic E-state index is 13.6. The van der Waals surface area contributed by atoms with Crippen LogP contribution >= 0.6 is 0 Å². The second-order valence-corrected chi connectivity index (χ2v) is 12.8. The van der Waals surface area contributed by atoms with Crippen molar-refractivity contribution in [3.05, 3.63) is 48.2 Å². The second kappa shape index (κ2) is 14.6. The van der Waals surface area contributed by atoms with Crippen molar-refractivity contribution in [3.8, 4) is 17.6 Å². The molecule has 2 heterocycles. The summed E-state index contributed by atoms with van der Waals surface area (Å²) in [5.74, 6) is 6.11. The normalized spacial score (nSPS) is 15.5. The van der Waals surface area contributed by atoms with E-state index >= 15 is 0 Å². The number of methoxy groups -OCH3 is 3. The quantitative estimate of drug-likeness (QED) is 0.279. The van der Waals surface area contributed by atoms with Gasteiger partial charge < -0.3 is 34.3 Å². The van der Waals surface area contributed by atoms with Gasteiger partial charge in [-0.05, 0) is 49.1 Å². The Kier molecular flexibility index (Phi) is 11.1. The lowest BCUT2D eigenvalue weighted by atomic mass is 10.0. The van der Waals surface area contributed by atoms with Crippen LogP contribution in [0.3, 0.4) is 0 Å². The Balaban J connectivity index is 1.51. The zero-order chi connectivity index (χ0) is 31.9. The van der Waals surface area contributed by atoms with Crippen LogP contribution in [0, 0.1) is 11.8 Å². The van der Waals surface area contributed by atoms with E-state index in [2.05, 4.69) is 27.4 Å². The Morgan fingerprint density at radius 1 is 1.07 bits per heavy atom. The Bertz CT molecular complexity index is 1590. The van der Waals surface area contributed by atoms with Crippen LogP contribution in [-0.4, -0.2) is 96.6 Å². The van der Waals surface area contributed by atoms with E-state index in [1.807, 2.05) is 6.07 Å². The van der Waals surface area contributed by atoms with Crippen LogP contribution in [0.25, 0.3) is 10.9 Å². The number of likely N-dealkylation sites (tertiary alicyclic amines) is 1. The van der Waals surface area contributed by atoms with Crippen LogP contribution < -0.4 is 15.4 Å². The first kappa shape index (κ1) is 33.5. The van der Waals surface area contributed by atoms with Gasteiger partial charge in [-0.1, -0.05) is 12.0 Å². The lowest BCUT2D eigenvalue weighted by Crippen LogP contribution is -2.43. The number of hydrogen-bond acceptors (Lipinski definition) is 8. The van der Waals surface area contributed by atoms with Crippen molar-refractivity contribution in [3.63, 3.8) is 0 Å². The fourth-order valence-corrected chi connectivity index (χ4v) is 5.97. The molecule has 2 N–H and O–H groups in total. The number of aromatic nitrogens is 1. The number of hydrogen-bond donors (Lipinski definition) is 2. The number of anilines is 2. The molecule has 1 fully saturated rings. The molecule has 0 amide bonds. The standard InChI is InChI=1S/C31H39F3N4O5S/c1-41-20-24(42-2)19-37-15-12-22(13-16-37)36-27-8-5-9-29-26(27)17-23(38(29)21-31(32,33)34)7-6-14-35-28-11-10-25(44(4,39)40)18-30(28)43-3/h5,8-11,17-18,22,24,35-36H,12-16,19-21H2,1-4H3. The Morgan fingerprint density at radius 3 is 2.45 bits per heavy atom. The zero-order valence-corrected chi connectivity index (χ0v) is 26.1. The molecule has 0 radical (unpaired) electrons. The van der Waals surface area contributed by atoms with Gasteiger partial charge in [0, 0.05) is 63.3 Å². The third-order valence-electron chi connectivity index (χ3n) is 7.56. The van der Waals surface area contributed by atoms with E-state index in [4.69, 9.17) is 14.2 Å². The second-order valence-electron chi connectivity index (χ2n) is 10.8. The molecule has 4 rings (SSSR count). The molecule has 0 bridgehead atoms. The summed E-state index contributed by atoms with van der Waals surface area (Å²) < 4.78 is 81.8. The molecule has 1 saturated heterocycles. The van der Waals surface area contributed by atoms with E-state index in [9.17, 15) is 21.6 Å². The van der Waals surface area contributed by atoms with E-state index < -0.39 is 22.6 Å². The van der Waals surface area contributed by atoms with Crippen molar-refractivity contribution in [1.29, 1.82) is 0 Å². The average Bonchev–Trinajstić information content (AvgIpc) is 3.32. The number of fused-ring (bicyclic) bond motifs is 1. The highest BCUT2D eigenvalue weighted by Gasteiger charge is 2.30. The van der Waals surface area contributed by atoms with Gasteiger partial charge in [0.05, 0.1) is 48.2 Å². The Hall–Kier alpha value is -3.44. The molecule has 9 nitrogen and oxygen atoms in total. The molecular formula is C31H39F3N4O5S. The number of alkyl halides is 3. The van der Waals surface area contributed by atoms with Gasteiger partial charge in [0.1, 0.15) is 12.3 Å². The van der Waals surface area contributed by atoms with Gasteiger partial charge in [0.2, 0.25) is 0 Å². The molecular weight excluding hydrogens is 597 g/mol. The van der Waals surface area contributed by atoms with Crippen LogP contribution in [0.2, 0.25) is 0 Å². The van der Waals surface area contributed by atoms with Crippen molar-refractivity contribution in [1.82, 2.24) is 9.47 Å². The van der Waals surface area contributed by atoms with E-state index in [-0.39, 0.29) is 29.3 Å². The minimum absolute atomic E-state index is 0.00356. The maximum atomic E-state index is 13.6. The van der Waals surface area contributed by atoms with Crippen molar-refractivity contribution < 1.29 is 35.8 Å². The minimum atomic E-state index is -4.44. The molecule has 0 spiro atoms. The fraction of sp³-hybridized carbons (Fsp3) is 0.484. The molecule has 1 unspecified atom stereocenters. The highest BCUT2D eigenvalue weighted by Crippen LogP contribution is 2.32. The lowest BCUT2D eigenvalue weighted by molar-refractivity contribution is -0.140. The first-order valence-corrected chi connectivity index (χ1v) is 16.1. The van der Waals surface area contributed by atoms with Gasteiger partial charge in [-0.25, -0.2) is 8.42 Å². The number of nitrogens with zero attached hydrogens (tertiary/aromatic N) is 2. The first-order valence-electron chi connectivity index (χ1n) is 14.2. The van der Waals surface area contributed by atoms with E-state index in [1.165, 1.54) is 23.8 Å². The van der Waals surface area contributed by atoms with Crippen molar-refractivity contribution in [2.24, 2.45) is 0 Å². The van der Waals surface area contributed by atoms with Gasteiger partial charge >= 0.3 is 6.18 Å². The predicted molar refractivity (Wildman–Crippen MR) is 165 cm³/mol. The largest absolute Gasteiger partial charge is 0.495 e. The smallest absolute Gasteiger partial charge is 0.406 e. The molecule has 240 valence electrons. The van der Waals surface area contributed by atoms with Crippen molar-refractivity contribution in [2.45, 2.75) is 42.6 Å². The highest BCUT2D eigenvalue weighted by atomic mass is 32.2. The van der Waals surface area contributed by atoms with Crippen molar-refractivity contribution >= 4 is 32.1 Å². The minimum Gasteiger partial charge on any atom is -0.495 e. The summed E-state index contributed by atoms with van der Waals surface area (Å²) >= 11 is 0. The highest BCUT2D eigenvalue weighted by molar-refractivity contribution is 7.90.